The third-order valence-corrected chi connectivity index (χ3v) is 7.30. The van der Waals surface area contributed by atoms with Gasteiger partial charge in [-0.2, -0.15) is 0 Å². The molecule has 204 valence electrons. The zero-order valence-corrected chi connectivity index (χ0v) is 22.8. The number of imidazole rings is 1. The van der Waals surface area contributed by atoms with E-state index in [1.807, 2.05) is 16.7 Å². The number of rotatable bonds is 11. The molecule has 3 heterocycles. The van der Waals surface area contributed by atoms with Gasteiger partial charge in [-0.25, -0.2) is 4.98 Å². The summed E-state index contributed by atoms with van der Waals surface area (Å²) in [5, 5.41) is 20.4. The Bertz CT molecular complexity index is 1380. The minimum Gasteiger partial charge on any atom is -0.481 e. The third kappa shape index (κ3) is 6.10. The number of ketones is 1. The second kappa shape index (κ2) is 11.3. The number of aliphatic hydroxyl groups is 1. The van der Waals surface area contributed by atoms with Gasteiger partial charge in [0.15, 0.2) is 5.78 Å². The molecule has 0 aliphatic carbocycles. The fourth-order valence-corrected chi connectivity index (χ4v) is 5.38. The van der Waals surface area contributed by atoms with Crippen LogP contribution in [0.4, 0.5) is 5.82 Å². The first-order valence-electron chi connectivity index (χ1n) is 13.1. The Balaban J connectivity index is 1.78. The number of unbranched alkanes of at least 4 members (excludes halogenated alkanes) is 2. The van der Waals surface area contributed by atoms with Crippen molar-refractivity contribution in [3.63, 3.8) is 0 Å². The zero-order chi connectivity index (χ0) is 27.6. The van der Waals surface area contributed by atoms with E-state index in [0.29, 0.717) is 28.9 Å². The number of anilines is 1. The Labute approximate surface area is 226 Å². The van der Waals surface area contributed by atoms with Gasteiger partial charge < -0.3 is 15.1 Å². The lowest BCUT2D eigenvalue weighted by molar-refractivity contribution is -0.139. The number of aryl methyl sites for hydroxylation is 1. The van der Waals surface area contributed by atoms with Crippen LogP contribution in [0.5, 0.6) is 0 Å². The summed E-state index contributed by atoms with van der Waals surface area (Å²) in [6.45, 7) is 6.40. The van der Waals surface area contributed by atoms with Crippen molar-refractivity contribution < 1.29 is 19.8 Å². The zero-order valence-electron chi connectivity index (χ0n) is 22.1. The highest BCUT2D eigenvalue weighted by Gasteiger charge is 2.39. The summed E-state index contributed by atoms with van der Waals surface area (Å²) < 4.78 is 3.47. The molecule has 38 heavy (non-hydrogen) atoms. The Kier molecular flexibility index (Phi) is 8.28. The summed E-state index contributed by atoms with van der Waals surface area (Å²) in [5.74, 6) is -0.104. The number of carbonyl (C=O) groups excluding carboxylic acids is 1. The van der Waals surface area contributed by atoms with Crippen LogP contribution in [0.25, 0.3) is 17.0 Å². The molecule has 1 fully saturated rings. The highest BCUT2D eigenvalue weighted by atomic mass is 35.5. The number of hydrogen-bond donors (Lipinski definition) is 2. The number of aliphatic carboxylic acids is 1. The van der Waals surface area contributed by atoms with E-state index in [1.165, 1.54) is 10.5 Å². The largest absolute Gasteiger partial charge is 0.481 e. The van der Waals surface area contributed by atoms with E-state index in [4.69, 9.17) is 16.6 Å². The molecule has 0 spiro atoms. The predicted octanol–water partition coefficient (Wildman–Crippen LogP) is 4.41. The van der Waals surface area contributed by atoms with Crippen molar-refractivity contribution >= 4 is 34.9 Å². The van der Waals surface area contributed by atoms with Gasteiger partial charge in [0, 0.05) is 48.8 Å². The van der Waals surface area contributed by atoms with E-state index in [0.717, 1.165) is 24.8 Å². The predicted molar refractivity (Wildman–Crippen MR) is 147 cm³/mol. The Hall–Kier alpha value is -3.17. The van der Waals surface area contributed by atoms with Crippen molar-refractivity contribution in [2.24, 2.45) is 5.41 Å². The number of nitrogens with zero attached hydrogens (tertiary/aromatic N) is 4. The van der Waals surface area contributed by atoms with Crippen LogP contribution in [0.15, 0.2) is 41.3 Å². The maximum absolute atomic E-state index is 13.4. The fraction of sp³-hybridized carbons (Fsp3) is 0.500. The molecule has 0 bridgehead atoms. The highest BCUT2D eigenvalue weighted by molar-refractivity contribution is 6.30. The number of carboxylic acids is 1. The molecule has 2 N–H and O–H groups in total. The first-order valence-corrected chi connectivity index (χ1v) is 13.4. The topological polar surface area (TPSA) is 117 Å². The minimum atomic E-state index is -0.961. The van der Waals surface area contributed by atoms with E-state index in [9.17, 15) is 24.6 Å². The fourth-order valence-electron chi connectivity index (χ4n) is 5.25. The van der Waals surface area contributed by atoms with Crippen molar-refractivity contribution in [1.82, 2.24) is 14.0 Å². The first kappa shape index (κ1) is 27.9. The summed E-state index contributed by atoms with van der Waals surface area (Å²) in [5.41, 5.74) is 0.436. The number of halogens is 1. The minimum absolute atomic E-state index is 0.0551. The molecule has 1 aliphatic rings. The summed E-state index contributed by atoms with van der Waals surface area (Å²) in [7, 11) is 0. The first-order chi connectivity index (χ1) is 18.0. The summed E-state index contributed by atoms with van der Waals surface area (Å²) in [6.07, 6.45) is 3.95. The molecule has 1 saturated heterocycles. The molecule has 2 atom stereocenters. The van der Waals surface area contributed by atoms with E-state index in [1.54, 1.807) is 37.1 Å². The second-order valence-corrected chi connectivity index (χ2v) is 11.4. The van der Waals surface area contributed by atoms with Gasteiger partial charge in [0.1, 0.15) is 5.82 Å². The van der Waals surface area contributed by atoms with Crippen LogP contribution < -0.4 is 10.5 Å². The number of Topliss-reactive ketones (excluding diaryl/α,β-unsaturated/α-hetero) is 1. The van der Waals surface area contributed by atoms with Gasteiger partial charge >= 0.3 is 5.97 Å². The monoisotopic (exact) mass is 542 g/mol. The van der Waals surface area contributed by atoms with E-state index < -0.39 is 23.5 Å². The average molecular weight is 543 g/mol. The van der Waals surface area contributed by atoms with Crippen LogP contribution in [0, 0.1) is 5.41 Å². The Morgan fingerprint density at radius 2 is 1.87 bits per heavy atom. The lowest BCUT2D eigenvalue weighted by Crippen LogP contribution is -2.41. The number of hydrogen-bond acceptors (Lipinski definition) is 6. The van der Waals surface area contributed by atoms with Crippen molar-refractivity contribution in [3.05, 3.63) is 51.9 Å². The van der Waals surface area contributed by atoms with Crippen molar-refractivity contribution in [2.45, 2.75) is 78.0 Å². The van der Waals surface area contributed by atoms with E-state index in [2.05, 4.69) is 6.92 Å². The second-order valence-electron chi connectivity index (χ2n) is 10.9. The lowest BCUT2D eigenvalue weighted by atomic mass is 9.82. The summed E-state index contributed by atoms with van der Waals surface area (Å²) in [6, 6.07) is 8.08. The number of benzene rings is 1. The van der Waals surface area contributed by atoms with Gasteiger partial charge in [0.2, 0.25) is 5.78 Å². The number of fused-ring (bicyclic) bond motifs is 1. The van der Waals surface area contributed by atoms with Gasteiger partial charge in [0.25, 0.3) is 5.56 Å². The molecular weight excluding hydrogens is 508 g/mol. The van der Waals surface area contributed by atoms with Gasteiger partial charge in [-0.3, -0.25) is 23.4 Å². The standard InChI is InChI=1S/C28H35ClN4O5/c1-4-5-6-11-31-24(32-16-20(34)12-22(32)23(35)14-28(2,3)15-26(37)38)13-25(36)33-17-21(30-27(31)33)18-7-9-19(29)10-8-18/h7-10,13,17,20,22,34H,4-6,11-12,14-16H2,1-3H3,(H,37,38)/t20-,22+/m1/s1. The van der Waals surface area contributed by atoms with Crippen molar-refractivity contribution in [1.29, 1.82) is 0 Å². The Morgan fingerprint density at radius 3 is 2.53 bits per heavy atom. The average Bonchev–Trinajstić information content (AvgIpc) is 3.44. The molecule has 0 amide bonds. The highest BCUT2D eigenvalue weighted by Crippen LogP contribution is 2.33. The van der Waals surface area contributed by atoms with Crippen LogP contribution in [0.1, 0.15) is 59.3 Å². The van der Waals surface area contributed by atoms with Gasteiger partial charge in [-0.1, -0.05) is 57.3 Å². The Morgan fingerprint density at radius 1 is 1.16 bits per heavy atom. The van der Waals surface area contributed by atoms with Crippen molar-refractivity contribution in [3.8, 4) is 11.3 Å². The molecule has 2 aromatic heterocycles. The molecule has 10 heteroatoms. The molecule has 0 radical (unpaired) electrons. The SMILES string of the molecule is CCCCCn1c(N2C[C@H](O)C[C@H]2C(=O)CC(C)(C)CC(=O)O)cc(=O)n2cc(-c3ccc(Cl)cc3)nc12. The van der Waals surface area contributed by atoms with Crippen LogP contribution in [-0.4, -0.2) is 54.6 Å². The molecule has 9 nitrogen and oxygen atoms in total. The van der Waals surface area contributed by atoms with Gasteiger partial charge in [0.05, 0.1) is 24.3 Å². The number of aromatic nitrogens is 3. The van der Waals surface area contributed by atoms with Crippen molar-refractivity contribution in [2.75, 3.05) is 11.4 Å². The number of carboxylic acid groups (broad SMARTS) is 1. The maximum atomic E-state index is 13.4. The molecule has 0 unspecified atom stereocenters. The van der Waals surface area contributed by atoms with Gasteiger partial charge in [-0.15, -0.1) is 0 Å². The summed E-state index contributed by atoms with van der Waals surface area (Å²) >= 11 is 6.05. The number of aliphatic hydroxyl groups excluding tert-OH is 1. The maximum Gasteiger partial charge on any atom is 0.303 e. The quantitative estimate of drug-likeness (QED) is 0.345. The van der Waals surface area contributed by atoms with E-state index in [-0.39, 0.29) is 37.1 Å². The molecule has 4 rings (SSSR count). The van der Waals surface area contributed by atoms with E-state index >= 15 is 0 Å². The summed E-state index contributed by atoms with van der Waals surface area (Å²) in [4.78, 5) is 44.6. The number of carbonyl (C=O) groups is 2. The number of β-amino-alcohol motifs (C(OH)–C–C–N with tert-alkyl or cyclic N) is 1. The molecule has 1 aromatic carbocycles. The lowest BCUT2D eigenvalue weighted by Gasteiger charge is -2.31. The third-order valence-electron chi connectivity index (χ3n) is 7.05. The molecule has 0 saturated carbocycles. The van der Waals surface area contributed by atoms with Crippen LogP contribution in [0.2, 0.25) is 5.02 Å². The van der Waals surface area contributed by atoms with Crippen LogP contribution >= 0.6 is 11.6 Å². The normalized spacial score (nSPS) is 17.9. The smallest absolute Gasteiger partial charge is 0.303 e. The van der Waals surface area contributed by atoms with Crippen LogP contribution in [0.3, 0.4) is 0 Å². The molecule has 1 aliphatic heterocycles. The van der Waals surface area contributed by atoms with Crippen LogP contribution in [-0.2, 0) is 16.1 Å². The van der Waals surface area contributed by atoms with Gasteiger partial charge in [-0.05, 0) is 24.0 Å². The molecule has 3 aromatic rings. The molecular formula is C28H35ClN4O5.